The Labute approximate surface area is 137 Å². The first-order chi connectivity index (χ1) is 10.9. The first-order valence-corrected chi connectivity index (χ1v) is 9.65. The van der Waals surface area contributed by atoms with Crippen LogP contribution in [0, 0.1) is 5.92 Å². The van der Waals surface area contributed by atoms with Crippen LogP contribution in [-0.2, 0) is 21.2 Å². The van der Waals surface area contributed by atoms with E-state index in [1.54, 1.807) is 0 Å². The highest BCUT2D eigenvalue weighted by molar-refractivity contribution is 7.88. The van der Waals surface area contributed by atoms with Crippen molar-refractivity contribution in [3.8, 4) is 0 Å². The van der Waals surface area contributed by atoms with Crippen LogP contribution in [0.2, 0.25) is 0 Å². The quantitative estimate of drug-likeness (QED) is 0.784. The van der Waals surface area contributed by atoms with E-state index in [0.717, 1.165) is 5.56 Å². The SMILES string of the molecule is CS(=O)(=O)N1CCC(C(=O)NC(CO)Cc2ccccc2)CC1. The number of amides is 1. The van der Waals surface area contributed by atoms with E-state index in [1.807, 2.05) is 30.3 Å². The zero-order valence-corrected chi connectivity index (χ0v) is 14.1. The van der Waals surface area contributed by atoms with Gasteiger partial charge in [-0.2, -0.15) is 0 Å². The Kier molecular flexibility index (Phi) is 6.15. The summed E-state index contributed by atoms with van der Waals surface area (Å²) >= 11 is 0. The van der Waals surface area contributed by atoms with Crippen molar-refractivity contribution in [2.24, 2.45) is 5.92 Å². The Balaban J connectivity index is 1.86. The predicted octanol–water partition coefficient (Wildman–Crippen LogP) is 0.378. The summed E-state index contributed by atoms with van der Waals surface area (Å²) in [7, 11) is -3.18. The maximum absolute atomic E-state index is 12.3. The molecule has 6 nitrogen and oxygen atoms in total. The van der Waals surface area contributed by atoms with E-state index >= 15 is 0 Å². The molecule has 0 radical (unpaired) electrons. The number of nitrogens with zero attached hydrogens (tertiary/aromatic N) is 1. The maximum Gasteiger partial charge on any atom is 0.223 e. The molecule has 0 bridgehead atoms. The van der Waals surface area contributed by atoms with Gasteiger partial charge in [0.05, 0.1) is 18.9 Å². The number of benzene rings is 1. The Hall–Kier alpha value is -1.44. The summed E-state index contributed by atoms with van der Waals surface area (Å²) < 4.78 is 24.4. The summed E-state index contributed by atoms with van der Waals surface area (Å²) in [6.07, 6.45) is 2.80. The number of carbonyl (C=O) groups excluding carboxylic acids is 1. The summed E-state index contributed by atoms with van der Waals surface area (Å²) in [5.74, 6) is -0.300. The Morgan fingerprint density at radius 1 is 1.30 bits per heavy atom. The van der Waals surface area contributed by atoms with E-state index in [1.165, 1.54) is 10.6 Å². The minimum Gasteiger partial charge on any atom is -0.394 e. The molecule has 2 N–H and O–H groups in total. The Bertz CT molecular complexity index is 610. The van der Waals surface area contributed by atoms with Gasteiger partial charge in [0.1, 0.15) is 0 Å². The van der Waals surface area contributed by atoms with Crippen LogP contribution in [-0.4, -0.2) is 55.7 Å². The average Bonchev–Trinajstić information content (AvgIpc) is 2.54. The lowest BCUT2D eigenvalue weighted by Gasteiger charge is -2.30. The van der Waals surface area contributed by atoms with Gasteiger partial charge in [0, 0.05) is 19.0 Å². The molecule has 1 amide bonds. The van der Waals surface area contributed by atoms with Crippen LogP contribution < -0.4 is 5.32 Å². The molecule has 1 atom stereocenters. The predicted molar refractivity (Wildman–Crippen MR) is 88.3 cm³/mol. The molecular weight excluding hydrogens is 316 g/mol. The average molecular weight is 340 g/mol. The molecule has 1 aliphatic heterocycles. The summed E-state index contributed by atoms with van der Waals surface area (Å²) in [5, 5.41) is 12.4. The second-order valence-corrected chi connectivity index (χ2v) is 8.00. The molecule has 1 aromatic rings. The molecule has 128 valence electrons. The third kappa shape index (κ3) is 5.30. The van der Waals surface area contributed by atoms with E-state index in [4.69, 9.17) is 0 Å². The third-order valence-electron chi connectivity index (χ3n) is 4.19. The second kappa shape index (κ2) is 7.90. The molecule has 1 aliphatic rings. The van der Waals surface area contributed by atoms with Crippen molar-refractivity contribution in [1.29, 1.82) is 0 Å². The topological polar surface area (TPSA) is 86.7 Å². The van der Waals surface area contributed by atoms with Gasteiger partial charge in [0.25, 0.3) is 0 Å². The van der Waals surface area contributed by atoms with Gasteiger partial charge in [-0.25, -0.2) is 12.7 Å². The summed E-state index contributed by atoms with van der Waals surface area (Å²) in [5.41, 5.74) is 1.05. The summed E-state index contributed by atoms with van der Waals surface area (Å²) in [6.45, 7) is 0.627. The van der Waals surface area contributed by atoms with Gasteiger partial charge >= 0.3 is 0 Å². The molecule has 1 heterocycles. The summed E-state index contributed by atoms with van der Waals surface area (Å²) in [6, 6.07) is 9.36. The molecule has 0 spiro atoms. The number of hydrogen-bond acceptors (Lipinski definition) is 4. The zero-order valence-electron chi connectivity index (χ0n) is 13.3. The Morgan fingerprint density at radius 2 is 1.91 bits per heavy atom. The molecule has 1 saturated heterocycles. The monoisotopic (exact) mass is 340 g/mol. The number of hydrogen-bond donors (Lipinski definition) is 2. The highest BCUT2D eigenvalue weighted by Gasteiger charge is 2.29. The van der Waals surface area contributed by atoms with Crippen molar-refractivity contribution in [1.82, 2.24) is 9.62 Å². The number of nitrogens with one attached hydrogen (secondary N) is 1. The molecular formula is C16H24N2O4S. The van der Waals surface area contributed by atoms with Crippen molar-refractivity contribution in [2.75, 3.05) is 26.0 Å². The van der Waals surface area contributed by atoms with Gasteiger partial charge in [-0.3, -0.25) is 4.79 Å². The lowest BCUT2D eigenvalue weighted by Crippen LogP contribution is -2.46. The number of rotatable bonds is 6. The minimum absolute atomic E-state index is 0.104. The number of aliphatic hydroxyl groups is 1. The molecule has 1 unspecified atom stereocenters. The largest absolute Gasteiger partial charge is 0.394 e. The highest BCUT2D eigenvalue weighted by atomic mass is 32.2. The summed E-state index contributed by atoms with van der Waals surface area (Å²) in [4.78, 5) is 12.3. The van der Waals surface area contributed by atoms with E-state index < -0.39 is 10.0 Å². The van der Waals surface area contributed by atoms with Crippen LogP contribution in [0.15, 0.2) is 30.3 Å². The molecule has 1 aromatic carbocycles. The fraction of sp³-hybridized carbons (Fsp3) is 0.562. The third-order valence-corrected chi connectivity index (χ3v) is 5.49. The smallest absolute Gasteiger partial charge is 0.223 e. The van der Waals surface area contributed by atoms with E-state index in [9.17, 15) is 18.3 Å². The molecule has 7 heteroatoms. The first kappa shape index (κ1) is 17.9. The Morgan fingerprint density at radius 3 is 2.43 bits per heavy atom. The number of carbonyl (C=O) groups is 1. The van der Waals surface area contributed by atoms with Crippen molar-refractivity contribution in [3.05, 3.63) is 35.9 Å². The van der Waals surface area contributed by atoms with Crippen LogP contribution in [0.4, 0.5) is 0 Å². The number of sulfonamides is 1. The van der Waals surface area contributed by atoms with Crippen LogP contribution in [0.1, 0.15) is 18.4 Å². The van der Waals surface area contributed by atoms with E-state index in [2.05, 4.69) is 5.32 Å². The van der Waals surface area contributed by atoms with Crippen molar-refractivity contribution in [2.45, 2.75) is 25.3 Å². The minimum atomic E-state index is -3.18. The molecule has 2 rings (SSSR count). The molecule has 23 heavy (non-hydrogen) atoms. The normalized spacial score (nSPS) is 18.5. The van der Waals surface area contributed by atoms with Crippen molar-refractivity contribution >= 4 is 15.9 Å². The highest BCUT2D eigenvalue weighted by Crippen LogP contribution is 2.19. The lowest BCUT2D eigenvalue weighted by atomic mass is 9.96. The van der Waals surface area contributed by atoms with E-state index in [0.29, 0.717) is 32.4 Å². The van der Waals surface area contributed by atoms with Crippen LogP contribution >= 0.6 is 0 Å². The standard InChI is InChI=1S/C16H24N2O4S/c1-23(21,22)18-9-7-14(8-10-18)16(20)17-15(12-19)11-13-5-3-2-4-6-13/h2-6,14-15,19H,7-12H2,1H3,(H,17,20). The van der Waals surface area contributed by atoms with Crippen molar-refractivity contribution < 1.29 is 18.3 Å². The zero-order chi connectivity index (χ0) is 16.9. The van der Waals surface area contributed by atoms with Gasteiger partial charge in [0.15, 0.2) is 0 Å². The van der Waals surface area contributed by atoms with Gasteiger partial charge in [0.2, 0.25) is 15.9 Å². The van der Waals surface area contributed by atoms with E-state index in [-0.39, 0.29) is 24.5 Å². The number of piperidine rings is 1. The van der Waals surface area contributed by atoms with Gasteiger partial charge < -0.3 is 10.4 Å². The van der Waals surface area contributed by atoms with Crippen molar-refractivity contribution in [3.63, 3.8) is 0 Å². The molecule has 0 saturated carbocycles. The lowest BCUT2D eigenvalue weighted by molar-refractivity contribution is -0.127. The van der Waals surface area contributed by atoms with Gasteiger partial charge in [-0.1, -0.05) is 30.3 Å². The molecule has 0 aromatic heterocycles. The van der Waals surface area contributed by atoms with Crippen LogP contribution in [0.5, 0.6) is 0 Å². The number of aliphatic hydroxyl groups excluding tert-OH is 1. The van der Waals surface area contributed by atoms with Gasteiger partial charge in [-0.15, -0.1) is 0 Å². The molecule has 0 aliphatic carbocycles. The van der Waals surface area contributed by atoms with Crippen LogP contribution in [0.25, 0.3) is 0 Å². The fourth-order valence-corrected chi connectivity index (χ4v) is 3.70. The van der Waals surface area contributed by atoms with Crippen LogP contribution in [0.3, 0.4) is 0 Å². The second-order valence-electron chi connectivity index (χ2n) is 6.01. The first-order valence-electron chi connectivity index (χ1n) is 7.80. The maximum atomic E-state index is 12.3. The molecule has 1 fully saturated rings. The van der Waals surface area contributed by atoms with Gasteiger partial charge in [-0.05, 0) is 24.8 Å². The fourth-order valence-electron chi connectivity index (χ4n) is 2.83.